The van der Waals surface area contributed by atoms with Gasteiger partial charge in [-0.25, -0.2) is 0 Å². The Bertz CT molecular complexity index is 850. The number of hydrogen-bond acceptors (Lipinski definition) is 3. The number of benzene rings is 3. The van der Waals surface area contributed by atoms with E-state index in [9.17, 15) is 4.79 Å². The van der Waals surface area contributed by atoms with Crippen LogP contribution in [0.2, 0.25) is 0 Å². The van der Waals surface area contributed by atoms with Gasteiger partial charge in [-0.15, -0.1) is 11.8 Å². The van der Waals surface area contributed by atoms with E-state index in [0.717, 1.165) is 26.9 Å². The molecule has 1 heterocycles. The molecule has 2 nitrogen and oxygen atoms in total. The molecule has 0 saturated carbocycles. The number of carbonyl (C=O) groups is 1. The van der Waals surface area contributed by atoms with Gasteiger partial charge >= 0.3 is 0 Å². The monoisotopic (exact) mass is 363 g/mol. The SMILES string of the molecule is O=C(CCSc1ccccc1)N1c2ccccc2Sc2ccccc21. The largest absolute Gasteiger partial charge is 0.279 e. The van der Waals surface area contributed by atoms with Crippen molar-refractivity contribution >= 4 is 40.8 Å². The van der Waals surface area contributed by atoms with E-state index in [4.69, 9.17) is 0 Å². The van der Waals surface area contributed by atoms with E-state index in [1.54, 1.807) is 23.5 Å². The Morgan fingerprint density at radius 3 is 2.00 bits per heavy atom. The number of nitrogens with zero attached hydrogens (tertiary/aromatic N) is 1. The average Bonchev–Trinajstić information content (AvgIpc) is 2.66. The summed E-state index contributed by atoms with van der Waals surface area (Å²) >= 11 is 3.45. The lowest BCUT2D eigenvalue weighted by atomic mass is 10.2. The first-order chi connectivity index (χ1) is 12.3. The minimum atomic E-state index is 0.142. The van der Waals surface area contributed by atoms with Gasteiger partial charge in [0.2, 0.25) is 5.91 Å². The zero-order valence-electron chi connectivity index (χ0n) is 13.6. The van der Waals surface area contributed by atoms with Crippen LogP contribution in [0.3, 0.4) is 0 Å². The van der Waals surface area contributed by atoms with Crippen molar-refractivity contribution in [3.63, 3.8) is 0 Å². The number of rotatable bonds is 4. The van der Waals surface area contributed by atoms with Crippen molar-refractivity contribution in [1.29, 1.82) is 0 Å². The zero-order valence-corrected chi connectivity index (χ0v) is 15.2. The topological polar surface area (TPSA) is 20.3 Å². The van der Waals surface area contributed by atoms with E-state index in [-0.39, 0.29) is 5.91 Å². The Kier molecular flexibility index (Phi) is 4.81. The Morgan fingerprint density at radius 2 is 1.36 bits per heavy atom. The quantitative estimate of drug-likeness (QED) is 0.530. The number of hydrogen-bond donors (Lipinski definition) is 0. The molecule has 1 amide bonds. The van der Waals surface area contributed by atoms with Crippen molar-refractivity contribution in [2.24, 2.45) is 0 Å². The Morgan fingerprint density at radius 1 is 0.800 bits per heavy atom. The van der Waals surface area contributed by atoms with Gasteiger partial charge < -0.3 is 0 Å². The standard InChI is InChI=1S/C21H17NOS2/c23-21(14-15-24-16-8-2-1-3-9-16)22-17-10-4-6-12-19(17)25-20-13-7-5-11-18(20)22/h1-13H,14-15H2. The van der Waals surface area contributed by atoms with Crippen LogP contribution in [0.15, 0.2) is 93.5 Å². The molecule has 0 bridgehead atoms. The summed E-state index contributed by atoms with van der Waals surface area (Å²) < 4.78 is 0. The van der Waals surface area contributed by atoms with Gasteiger partial charge in [0.05, 0.1) is 11.4 Å². The lowest BCUT2D eigenvalue weighted by Crippen LogP contribution is -2.28. The highest BCUT2D eigenvalue weighted by atomic mass is 32.2. The van der Waals surface area contributed by atoms with Gasteiger partial charge in [0, 0.05) is 26.9 Å². The summed E-state index contributed by atoms with van der Waals surface area (Å²) in [6.45, 7) is 0. The Hall–Kier alpha value is -2.17. The summed E-state index contributed by atoms with van der Waals surface area (Å²) in [6.07, 6.45) is 0.507. The molecule has 3 aromatic carbocycles. The van der Waals surface area contributed by atoms with Crippen molar-refractivity contribution in [3.8, 4) is 0 Å². The van der Waals surface area contributed by atoms with Gasteiger partial charge in [0.15, 0.2) is 0 Å². The minimum absolute atomic E-state index is 0.142. The van der Waals surface area contributed by atoms with Crippen LogP contribution < -0.4 is 4.90 Å². The van der Waals surface area contributed by atoms with Crippen molar-refractivity contribution < 1.29 is 4.79 Å². The van der Waals surface area contributed by atoms with Crippen LogP contribution in [-0.4, -0.2) is 11.7 Å². The third-order valence-corrected chi connectivity index (χ3v) is 6.15. The molecule has 3 aromatic rings. The fourth-order valence-corrected chi connectivity index (χ4v) is 4.78. The first-order valence-electron chi connectivity index (χ1n) is 8.19. The third-order valence-electron chi connectivity index (χ3n) is 4.01. The maximum absolute atomic E-state index is 13.0. The minimum Gasteiger partial charge on any atom is -0.279 e. The van der Waals surface area contributed by atoms with Crippen molar-refractivity contribution in [2.75, 3.05) is 10.7 Å². The second-order valence-electron chi connectivity index (χ2n) is 5.68. The van der Waals surface area contributed by atoms with E-state index < -0.39 is 0 Å². The fraction of sp³-hybridized carbons (Fsp3) is 0.0952. The molecule has 1 aliphatic rings. The average molecular weight is 364 g/mol. The lowest BCUT2D eigenvalue weighted by molar-refractivity contribution is -0.117. The van der Waals surface area contributed by atoms with Gasteiger partial charge in [-0.2, -0.15) is 0 Å². The van der Waals surface area contributed by atoms with Gasteiger partial charge in [0.25, 0.3) is 0 Å². The molecule has 4 heteroatoms. The number of thioether (sulfide) groups is 1. The molecule has 0 atom stereocenters. The molecule has 4 rings (SSSR count). The number of amides is 1. The lowest BCUT2D eigenvalue weighted by Gasteiger charge is -2.31. The van der Waals surface area contributed by atoms with Crippen molar-refractivity contribution in [1.82, 2.24) is 0 Å². The van der Waals surface area contributed by atoms with E-state index in [0.29, 0.717) is 6.42 Å². The second kappa shape index (κ2) is 7.38. The number of fused-ring (bicyclic) bond motifs is 2. The van der Waals surface area contributed by atoms with Crippen LogP contribution in [0.4, 0.5) is 11.4 Å². The molecule has 25 heavy (non-hydrogen) atoms. The van der Waals surface area contributed by atoms with Crippen LogP contribution in [0, 0.1) is 0 Å². The molecule has 1 aliphatic heterocycles. The number of carbonyl (C=O) groups excluding carboxylic acids is 1. The molecule has 0 radical (unpaired) electrons. The highest BCUT2D eigenvalue weighted by Crippen LogP contribution is 2.48. The van der Waals surface area contributed by atoms with E-state index in [1.165, 1.54) is 4.90 Å². The summed E-state index contributed by atoms with van der Waals surface area (Å²) in [7, 11) is 0. The predicted octanol–water partition coefficient (Wildman–Crippen LogP) is 6.00. The molecular formula is C21H17NOS2. The van der Waals surface area contributed by atoms with E-state index in [2.05, 4.69) is 24.3 Å². The summed E-state index contributed by atoms with van der Waals surface area (Å²) in [6, 6.07) is 26.5. The molecular weight excluding hydrogens is 346 g/mol. The molecule has 124 valence electrons. The number of para-hydroxylation sites is 2. The Labute approximate surface area is 156 Å². The third kappa shape index (κ3) is 3.46. The Balaban J connectivity index is 1.55. The normalized spacial score (nSPS) is 12.4. The van der Waals surface area contributed by atoms with Crippen LogP contribution in [0.25, 0.3) is 0 Å². The molecule has 0 fully saturated rings. The van der Waals surface area contributed by atoms with Gasteiger partial charge in [0.1, 0.15) is 0 Å². The van der Waals surface area contributed by atoms with Gasteiger partial charge in [-0.1, -0.05) is 54.2 Å². The van der Waals surface area contributed by atoms with Crippen molar-refractivity contribution in [2.45, 2.75) is 21.1 Å². The highest BCUT2D eigenvalue weighted by molar-refractivity contribution is 7.99. The summed E-state index contributed by atoms with van der Waals surface area (Å²) in [5.41, 5.74) is 1.97. The van der Waals surface area contributed by atoms with Crippen molar-refractivity contribution in [3.05, 3.63) is 78.9 Å². The summed E-state index contributed by atoms with van der Waals surface area (Å²) in [4.78, 5) is 18.4. The van der Waals surface area contributed by atoms with Gasteiger partial charge in [-0.3, -0.25) is 9.69 Å². The van der Waals surface area contributed by atoms with Crippen LogP contribution in [0.5, 0.6) is 0 Å². The predicted molar refractivity (Wildman–Crippen MR) is 106 cm³/mol. The first kappa shape index (κ1) is 16.3. The molecule has 0 aromatic heterocycles. The first-order valence-corrected chi connectivity index (χ1v) is 10.00. The molecule has 0 N–H and O–H groups in total. The fourth-order valence-electron chi connectivity index (χ4n) is 2.86. The number of anilines is 2. The van der Waals surface area contributed by atoms with Gasteiger partial charge in [-0.05, 0) is 36.4 Å². The van der Waals surface area contributed by atoms with Crippen LogP contribution >= 0.6 is 23.5 Å². The molecule has 0 saturated heterocycles. The van der Waals surface area contributed by atoms with Crippen LogP contribution in [0.1, 0.15) is 6.42 Å². The van der Waals surface area contributed by atoms with Crippen LogP contribution in [-0.2, 0) is 4.79 Å². The zero-order chi connectivity index (χ0) is 17.1. The van der Waals surface area contributed by atoms with E-state index >= 15 is 0 Å². The molecule has 0 spiro atoms. The molecule has 0 unspecified atom stereocenters. The second-order valence-corrected chi connectivity index (χ2v) is 7.93. The van der Waals surface area contributed by atoms with E-state index in [1.807, 2.05) is 59.5 Å². The molecule has 0 aliphatic carbocycles. The highest BCUT2D eigenvalue weighted by Gasteiger charge is 2.27. The summed E-state index contributed by atoms with van der Waals surface area (Å²) in [5.74, 6) is 0.917. The smallest absolute Gasteiger partial charge is 0.232 e. The maximum atomic E-state index is 13.0. The maximum Gasteiger partial charge on any atom is 0.232 e. The summed E-state index contributed by atoms with van der Waals surface area (Å²) in [5, 5.41) is 0.